The first-order valence-corrected chi connectivity index (χ1v) is 6.56. The Balaban J connectivity index is 2.09. The Kier molecular flexibility index (Phi) is 6.71. The van der Waals surface area contributed by atoms with Crippen molar-refractivity contribution in [1.82, 2.24) is 5.32 Å². The molecule has 0 aliphatic carbocycles. The Hall–Kier alpha value is -1.02. The molecule has 2 heteroatoms. The van der Waals surface area contributed by atoms with E-state index in [2.05, 4.69) is 31.3 Å². The van der Waals surface area contributed by atoms with Gasteiger partial charge in [-0.3, -0.25) is 0 Å². The number of benzene rings is 1. The van der Waals surface area contributed by atoms with Crippen LogP contribution in [-0.2, 0) is 6.42 Å². The van der Waals surface area contributed by atoms with Crippen LogP contribution >= 0.6 is 0 Å². The van der Waals surface area contributed by atoms with Crippen LogP contribution in [0, 0.1) is 5.92 Å². The van der Waals surface area contributed by atoms with E-state index in [1.807, 2.05) is 12.1 Å². The largest absolute Gasteiger partial charge is 0.497 e. The molecule has 0 saturated heterocycles. The quantitative estimate of drug-likeness (QED) is 0.698. The van der Waals surface area contributed by atoms with Crippen LogP contribution in [0.5, 0.6) is 5.75 Å². The van der Waals surface area contributed by atoms with Crippen LogP contribution in [0.2, 0.25) is 0 Å². The maximum Gasteiger partial charge on any atom is 0.118 e. The normalized spacial score (nSPS) is 10.8. The minimum atomic E-state index is 0.795. The van der Waals surface area contributed by atoms with Gasteiger partial charge in [0.2, 0.25) is 0 Å². The van der Waals surface area contributed by atoms with Gasteiger partial charge in [0.05, 0.1) is 7.11 Å². The highest BCUT2D eigenvalue weighted by Crippen LogP contribution is 2.12. The number of hydrogen-bond acceptors (Lipinski definition) is 2. The summed E-state index contributed by atoms with van der Waals surface area (Å²) in [7, 11) is 1.70. The Labute approximate surface area is 105 Å². The summed E-state index contributed by atoms with van der Waals surface area (Å²) >= 11 is 0. The smallest absolute Gasteiger partial charge is 0.118 e. The molecule has 0 radical (unpaired) electrons. The van der Waals surface area contributed by atoms with E-state index in [-0.39, 0.29) is 0 Å². The van der Waals surface area contributed by atoms with Crippen molar-refractivity contribution < 1.29 is 4.74 Å². The van der Waals surface area contributed by atoms with Gasteiger partial charge in [0, 0.05) is 0 Å². The first-order chi connectivity index (χ1) is 8.22. The third-order valence-corrected chi connectivity index (χ3v) is 2.88. The van der Waals surface area contributed by atoms with Crippen LogP contribution < -0.4 is 10.1 Å². The van der Waals surface area contributed by atoms with Crippen LogP contribution in [0.4, 0.5) is 0 Å². The summed E-state index contributed by atoms with van der Waals surface area (Å²) in [6, 6.07) is 8.35. The molecule has 0 aliphatic heterocycles. The molecule has 0 heterocycles. The average molecular weight is 235 g/mol. The fraction of sp³-hybridized carbons (Fsp3) is 0.600. The van der Waals surface area contributed by atoms with E-state index < -0.39 is 0 Å². The Bertz CT molecular complexity index is 292. The predicted molar refractivity (Wildman–Crippen MR) is 73.6 cm³/mol. The Morgan fingerprint density at radius 3 is 2.41 bits per heavy atom. The second-order valence-electron chi connectivity index (χ2n) is 4.88. The fourth-order valence-electron chi connectivity index (χ4n) is 1.73. The average Bonchev–Trinajstić information content (AvgIpc) is 2.34. The lowest BCUT2D eigenvalue weighted by molar-refractivity contribution is 0.414. The summed E-state index contributed by atoms with van der Waals surface area (Å²) < 4.78 is 5.14. The first kappa shape index (κ1) is 14.0. The molecule has 0 spiro atoms. The van der Waals surface area contributed by atoms with Crippen molar-refractivity contribution in [1.29, 1.82) is 0 Å². The highest BCUT2D eigenvalue weighted by atomic mass is 16.5. The zero-order valence-electron chi connectivity index (χ0n) is 11.3. The standard InChI is InChI=1S/C15H25NO/c1-13(2)10-12-16-11-4-5-14-6-8-15(17-3)9-7-14/h6-9,13,16H,4-5,10-12H2,1-3H3. The van der Waals surface area contributed by atoms with Crippen LogP contribution in [0.15, 0.2) is 24.3 Å². The highest BCUT2D eigenvalue weighted by molar-refractivity contribution is 5.27. The molecule has 96 valence electrons. The van der Waals surface area contributed by atoms with E-state index in [4.69, 9.17) is 4.74 Å². The number of hydrogen-bond donors (Lipinski definition) is 1. The molecule has 1 aromatic carbocycles. The third-order valence-electron chi connectivity index (χ3n) is 2.88. The molecule has 1 rings (SSSR count). The molecule has 0 saturated carbocycles. The van der Waals surface area contributed by atoms with Crippen molar-refractivity contribution in [2.24, 2.45) is 5.92 Å². The molecule has 0 bridgehead atoms. The van der Waals surface area contributed by atoms with E-state index in [1.165, 1.54) is 18.4 Å². The number of ether oxygens (including phenoxy) is 1. The van der Waals surface area contributed by atoms with Crippen molar-refractivity contribution in [3.63, 3.8) is 0 Å². The zero-order valence-corrected chi connectivity index (χ0v) is 11.3. The number of methoxy groups -OCH3 is 1. The van der Waals surface area contributed by atoms with Crippen molar-refractivity contribution in [3.8, 4) is 5.75 Å². The second-order valence-corrected chi connectivity index (χ2v) is 4.88. The predicted octanol–water partition coefficient (Wildman–Crippen LogP) is 3.26. The lowest BCUT2D eigenvalue weighted by Gasteiger charge is -2.07. The maximum absolute atomic E-state index is 5.14. The number of nitrogens with one attached hydrogen (secondary N) is 1. The minimum absolute atomic E-state index is 0.795. The molecular weight excluding hydrogens is 210 g/mol. The molecule has 0 aromatic heterocycles. The van der Waals surface area contributed by atoms with Crippen molar-refractivity contribution in [3.05, 3.63) is 29.8 Å². The molecule has 17 heavy (non-hydrogen) atoms. The summed E-state index contributed by atoms with van der Waals surface area (Å²) in [5, 5.41) is 3.48. The first-order valence-electron chi connectivity index (χ1n) is 6.56. The Morgan fingerprint density at radius 1 is 1.12 bits per heavy atom. The summed E-state index contributed by atoms with van der Waals surface area (Å²) in [4.78, 5) is 0. The topological polar surface area (TPSA) is 21.3 Å². The highest BCUT2D eigenvalue weighted by Gasteiger charge is 1.96. The molecule has 1 N–H and O–H groups in total. The van der Waals surface area contributed by atoms with Crippen molar-refractivity contribution >= 4 is 0 Å². The van der Waals surface area contributed by atoms with E-state index >= 15 is 0 Å². The summed E-state index contributed by atoms with van der Waals surface area (Å²) in [6.07, 6.45) is 3.60. The molecule has 2 nitrogen and oxygen atoms in total. The zero-order chi connectivity index (χ0) is 12.5. The monoisotopic (exact) mass is 235 g/mol. The molecule has 0 fully saturated rings. The van der Waals surface area contributed by atoms with Gasteiger partial charge in [-0.1, -0.05) is 26.0 Å². The van der Waals surface area contributed by atoms with Crippen LogP contribution in [0.25, 0.3) is 0 Å². The molecule has 0 aliphatic rings. The van der Waals surface area contributed by atoms with Crippen LogP contribution in [-0.4, -0.2) is 20.2 Å². The third kappa shape index (κ3) is 6.32. The summed E-state index contributed by atoms with van der Waals surface area (Å²) in [6.45, 7) is 6.77. The van der Waals surface area contributed by atoms with Crippen LogP contribution in [0.1, 0.15) is 32.3 Å². The van der Waals surface area contributed by atoms with E-state index in [0.717, 1.165) is 31.2 Å². The van der Waals surface area contributed by atoms with Gasteiger partial charge >= 0.3 is 0 Å². The summed E-state index contributed by atoms with van der Waals surface area (Å²) in [5.74, 6) is 1.73. The van der Waals surface area contributed by atoms with Gasteiger partial charge in [0.1, 0.15) is 5.75 Å². The van der Waals surface area contributed by atoms with Crippen LogP contribution in [0.3, 0.4) is 0 Å². The molecule has 1 aromatic rings. The van der Waals surface area contributed by atoms with Gasteiger partial charge in [0.15, 0.2) is 0 Å². The second kappa shape index (κ2) is 8.13. The Morgan fingerprint density at radius 2 is 1.82 bits per heavy atom. The molecule has 0 atom stereocenters. The molecule has 0 amide bonds. The lowest BCUT2D eigenvalue weighted by Crippen LogP contribution is -2.18. The molecular formula is C15H25NO. The maximum atomic E-state index is 5.14. The summed E-state index contributed by atoms with van der Waals surface area (Å²) in [5.41, 5.74) is 1.39. The molecule has 0 unspecified atom stereocenters. The van der Waals surface area contributed by atoms with E-state index in [0.29, 0.717) is 0 Å². The van der Waals surface area contributed by atoms with Crippen molar-refractivity contribution in [2.45, 2.75) is 33.1 Å². The van der Waals surface area contributed by atoms with Gasteiger partial charge in [-0.05, 0) is 56.0 Å². The SMILES string of the molecule is COc1ccc(CCCNCCC(C)C)cc1. The fourth-order valence-corrected chi connectivity index (χ4v) is 1.73. The van der Waals surface area contributed by atoms with Gasteiger partial charge in [0.25, 0.3) is 0 Å². The van der Waals surface area contributed by atoms with Gasteiger partial charge in [-0.2, -0.15) is 0 Å². The van der Waals surface area contributed by atoms with Gasteiger partial charge < -0.3 is 10.1 Å². The van der Waals surface area contributed by atoms with Gasteiger partial charge in [-0.15, -0.1) is 0 Å². The van der Waals surface area contributed by atoms with E-state index in [9.17, 15) is 0 Å². The number of aryl methyl sites for hydroxylation is 1. The van der Waals surface area contributed by atoms with Crippen molar-refractivity contribution in [2.75, 3.05) is 20.2 Å². The van der Waals surface area contributed by atoms with E-state index in [1.54, 1.807) is 7.11 Å². The number of rotatable bonds is 8. The lowest BCUT2D eigenvalue weighted by atomic mass is 10.1. The minimum Gasteiger partial charge on any atom is -0.497 e. The van der Waals surface area contributed by atoms with Gasteiger partial charge in [-0.25, -0.2) is 0 Å².